The number of hydrogen-bond donors (Lipinski definition) is 2. The Morgan fingerprint density at radius 1 is 1.16 bits per heavy atom. The van der Waals surface area contributed by atoms with Crippen LogP contribution in [0.4, 0.5) is 0 Å². The zero-order chi connectivity index (χ0) is 17.4. The van der Waals surface area contributed by atoms with Gasteiger partial charge in [-0.2, -0.15) is 0 Å². The van der Waals surface area contributed by atoms with Crippen LogP contribution in [-0.2, 0) is 0 Å². The van der Waals surface area contributed by atoms with Crippen LogP contribution in [0.25, 0.3) is 0 Å². The molecule has 0 bridgehead atoms. The first-order chi connectivity index (χ1) is 12.1. The zero-order valence-electron chi connectivity index (χ0n) is 14.0. The van der Waals surface area contributed by atoms with Gasteiger partial charge >= 0.3 is 0 Å². The van der Waals surface area contributed by atoms with Crippen molar-refractivity contribution < 1.29 is 19.1 Å². The van der Waals surface area contributed by atoms with Crippen LogP contribution in [-0.4, -0.2) is 29.9 Å². The third-order valence-corrected chi connectivity index (χ3v) is 4.64. The molecule has 1 aliphatic heterocycles. The predicted octanol–water partition coefficient (Wildman–Crippen LogP) is 2.87. The first-order valence-corrected chi connectivity index (χ1v) is 8.51. The highest BCUT2D eigenvalue weighted by atomic mass is 16.6. The standard InChI is InChI=1S/C19H20N2O4/c1-11(22)14-8-15(20-10-14)19(23)21-18(12-2-3-12)13-4-5-16-17(9-13)25-7-6-24-16/h4-5,8-10,12,18,20H,2-3,6-7H2,1H3,(H,21,23). The molecule has 1 unspecified atom stereocenters. The summed E-state index contributed by atoms with van der Waals surface area (Å²) < 4.78 is 11.2. The molecule has 2 N–H and O–H groups in total. The van der Waals surface area contributed by atoms with Gasteiger partial charge in [0.05, 0.1) is 6.04 Å². The fourth-order valence-electron chi connectivity index (χ4n) is 3.10. The van der Waals surface area contributed by atoms with Crippen molar-refractivity contribution >= 4 is 11.7 Å². The van der Waals surface area contributed by atoms with Crippen LogP contribution in [0.1, 0.15) is 52.2 Å². The van der Waals surface area contributed by atoms with E-state index in [1.165, 1.54) is 6.92 Å². The van der Waals surface area contributed by atoms with Crippen LogP contribution in [0.15, 0.2) is 30.5 Å². The van der Waals surface area contributed by atoms with Gasteiger partial charge in [0.1, 0.15) is 18.9 Å². The molecular weight excluding hydrogens is 320 g/mol. The molecule has 25 heavy (non-hydrogen) atoms. The minimum Gasteiger partial charge on any atom is -0.486 e. The molecule has 6 nitrogen and oxygen atoms in total. The van der Waals surface area contributed by atoms with Crippen molar-refractivity contribution in [3.8, 4) is 11.5 Å². The number of ketones is 1. The Morgan fingerprint density at radius 3 is 2.60 bits per heavy atom. The quantitative estimate of drug-likeness (QED) is 0.820. The number of benzene rings is 1. The van der Waals surface area contributed by atoms with Gasteiger partial charge in [0, 0.05) is 11.8 Å². The fraction of sp³-hybridized carbons (Fsp3) is 0.368. The molecule has 2 aliphatic rings. The molecule has 1 fully saturated rings. The van der Waals surface area contributed by atoms with E-state index in [4.69, 9.17) is 9.47 Å². The highest BCUT2D eigenvalue weighted by Crippen LogP contribution is 2.43. The summed E-state index contributed by atoms with van der Waals surface area (Å²) >= 11 is 0. The highest BCUT2D eigenvalue weighted by molar-refractivity contribution is 5.99. The Labute approximate surface area is 145 Å². The van der Waals surface area contributed by atoms with E-state index in [1.54, 1.807) is 12.3 Å². The van der Waals surface area contributed by atoms with Gasteiger partial charge < -0.3 is 19.8 Å². The number of carbonyl (C=O) groups excluding carboxylic acids is 2. The number of Topliss-reactive ketones (excluding diaryl/α,β-unsaturated/α-hetero) is 1. The van der Waals surface area contributed by atoms with E-state index in [2.05, 4.69) is 10.3 Å². The van der Waals surface area contributed by atoms with Crippen molar-refractivity contribution in [1.82, 2.24) is 10.3 Å². The maximum atomic E-state index is 12.6. The van der Waals surface area contributed by atoms with Gasteiger partial charge in [-0.25, -0.2) is 0 Å². The van der Waals surface area contributed by atoms with Gasteiger partial charge in [0.25, 0.3) is 5.91 Å². The molecule has 2 aromatic rings. The number of H-pyrrole nitrogens is 1. The first-order valence-electron chi connectivity index (χ1n) is 8.51. The van der Waals surface area contributed by atoms with Crippen molar-refractivity contribution in [2.24, 2.45) is 5.92 Å². The number of carbonyl (C=O) groups is 2. The third-order valence-electron chi connectivity index (χ3n) is 4.64. The maximum absolute atomic E-state index is 12.6. The summed E-state index contributed by atoms with van der Waals surface area (Å²) in [5.74, 6) is 1.61. The SMILES string of the molecule is CC(=O)c1c[nH]c(C(=O)NC(c2ccc3c(c2)OCCO3)C2CC2)c1. The Kier molecular flexibility index (Phi) is 3.95. The summed E-state index contributed by atoms with van der Waals surface area (Å²) in [5, 5.41) is 3.09. The number of nitrogens with one attached hydrogen (secondary N) is 2. The number of aromatic nitrogens is 1. The van der Waals surface area contributed by atoms with E-state index in [0.717, 1.165) is 29.9 Å². The minimum atomic E-state index is -0.209. The number of fused-ring (bicyclic) bond motifs is 1. The second kappa shape index (κ2) is 6.27. The van der Waals surface area contributed by atoms with Crippen LogP contribution in [0.3, 0.4) is 0 Å². The summed E-state index contributed by atoms with van der Waals surface area (Å²) in [6.07, 6.45) is 3.74. The van der Waals surface area contributed by atoms with E-state index in [-0.39, 0.29) is 17.7 Å². The Hall–Kier alpha value is -2.76. The molecule has 1 amide bonds. The van der Waals surface area contributed by atoms with Gasteiger partial charge in [0.2, 0.25) is 0 Å². The molecule has 1 atom stereocenters. The van der Waals surface area contributed by atoms with Gasteiger partial charge in [-0.05, 0) is 49.4 Å². The molecule has 0 radical (unpaired) electrons. The Bertz CT molecular complexity index is 823. The smallest absolute Gasteiger partial charge is 0.268 e. The lowest BCUT2D eigenvalue weighted by molar-refractivity contribution is 0.0927. The molecule has 2 heterocycles. The highest BCUT2D eigenvalue weighted by Gasteiger charge is 2.34. The summed E-state index contributed by atoms with van der Waals surface area (Å²) in [6.45, 7) is 2.57. The molecular formula is C19H20N2O4. The maximum Gasteiger partial charge on any atom is 0.268 e. The third kappa shape index (κ3) is 3.24. The van der Waals surface area contributed by atoms with Crippen molar-refractivity contribution in [1.29, 1.82) is 0 Å². The van der Waals surface area contributed by atoms with Crippen molar-refractivity contribution in [3.05, 3.63) is 47.3 Å². The van der Waals surface area contributed by atoms with Crippen LogP contribution >= 0.6 is 0 Å². The second-order valence-corrected chi connectivity index (χ2v) is 6.55. The van der Waals surface area contributed by atoms with Gasteiger partial charge in [-0.3, -0.25) is 9.59 Å². The molecule has 1 saturated carbocycles. The van der Waals surface area contributed by atoms with Gasteiger partial charge in [-0.1, -0.05) is 6.07 Å². The predicted molar refractivity (Wildman–Crippen MR) is 91.2 cm³/mol. The summed E-state index contributed by atoms with van der Waals surface area (Å²) in [7, 11) is 0. The van der Waals surface area contributed by atoms with E-state index >= 15 is 0 Å². The Morgan fingerprint density at radius 2 is 1.92 bits per heavy atom. The molecule has 1 aliphatic carbocycles. The van der Waals surface area contributed by atoms with Crippen molar-refractivity contribution in [3.63, 3.8) is 0 Å². The van der Waals surface area contributed by atoms with Crippen molar-refractivity contribution in [2.45, 2.75) is 25.8 Å². The molecule has 1 aromatic heterocycles. The van der Waals surface area contributed by atoms with E-state index in [1.807, 2.05) is 18.2 Å². The summed E-state index contributed by atoms with van der Waals surface area (Å²) in [6, 6.07) is 7.34. The van der Waals surface area contributed by atoms with Crippen LogP contribution in [0.2, 0.25) is 0 Å². The van der Waals surface area contributed by atoms with Crippen LogP contribution in [0.5, 0.6) is 11.5 Å². The average Bonchev–Trinajstić information content (AvgIpc) is 3.33. The fourth-order valence-corrected chi connectivity index (χ4v) is 3.10. The second-order valence-electron chi connectivity index (χ2n) is 6.55. The molecule has 0 saturated heterocycles. The van der Waals surface area contributed by atoms with Gasteiger partial charge in [0.15, 0.2) is 17.3 Å². The molecule has 130 valence electrons. The van der Waals surface area contributed by atoms with Crippen molar-refractivity contribution in [2.75, 3.05) is 13.2 Å². The number of rotatable bonds is 5. The van der Waals surface area contributed by atoms with Gasteiger partial charge in [-0.15, -0.1) is 0 Å². The molecule has 4 rings (SSSR count). The number of aromatic amines is 1. The lowest BCUT2D eigenvalue weighted by atomic mass is 10.0. The summed E-state index contributed by atoms with van der Waals surface area (Å²) in [4.78, 5) is 26.9. The normalized spacial score (nSPS) is 17.0. The minimum absolute atomic E-state index is 0.0686. The van der Waals surface area contributed by atoms with Crippen LogP contribution < -0.4 is 14.8 Å². The lowest BCUT2D eigenvalue weighted by Gasteiger charge is -2.23. The molecule has 6 heteroatoms. The topological polar surface area (TPSA) is 80.4 Å². The zero-order valence-corrected chi connectivity index (χ0v) is 14.0. The lowest BCUT2D eigenvalue weighted by Crippen LogP contribution is -2.30. The van der Waals surface area contributed by atoms with Crippen LogP contribution in [0, 0.1) is 5.92 Å². The molecule has 1 aromatic carbocycles. The molecule has 0 spiro atoms. The summed E-state index contributed by atoms with van der Waals surface area (Å²) in [5.41, 5.74) is 1.92. The Balaban J connectivity index is 1.55. The van der Waals surface area contributed by atoms with E-state index in [0.29, 0.717) is 30.4 Å². The van der Waals surface area contributed by atoms with E-state index < -0.39 is 0 Å². The number of amides is 1. The largest absolute Gasteiger partial charge is 0.486 e. The number of hydrogen-bond acceptors (Lipinski definition) is 4. The monoisotopic (exact) mass is 340 g/mol. The van der Waals surface area contributed by atoms with E-state index in [9.17, 15) is 9.59 Å². The first kappa shape index (κ1) is 15.7. The average molecular weight is 340 g/mol. The number of ether oxygens (including phenoxy) is 2.